The Morgan fingerprint density at radius 3 is 2.61 bits per heavy atom. The molecule has 0 saturated heterocycles. The van der Waals surface area contributed by atoms with Crippen LogP contribution >= 0.6 is 11.3 Å². The molecule has 1 atom stereocenters. The molecule has 0 radical (unpaired) electrons. The fourth-order valence-electron chi connectivity index (χ4n) is 2.60. The van der Waals surface area contributed by atoms with Crippen LogP contribution in [0.1, 0.15) is 33.1 Å². The monoisotopic (exact) mass is 419 g/mol. The van der Waals surface area contributed by atoms with Gasteiger partial charge in [0.05, 0.1) is 22.9 Å². The summed E-state index contributed by atoms with van der Waals surface area (Å²) in [6.45, 7) is 2.24. The van der Waals surface area contributed by atoms with Gasteiger partial charge < -0.3 is 5.32 Å². The van der Waals surface area contributed by atoms with Crippen LogP contribution in [0, 0.1) is 0 Å². The van der Waals surface area contributed by atoms with Gasteiger partial charge in [0.1, 0.15) is 12.7 Å². The molecule has 0 saturated carbocycles. The maximum atomic E-state index is 12.5. The molecular formula is C18H21N5O3S2. The van der Waals surface area contributed by atoms with E-state index in [2.05, 4.69) is 20.1 Å². The molecule has 0 aliphatic carbocycles. The summed E-state index contributed by atoms with van der Waals surface area (Å²) < 4.78 is 26.3. The van der Waals surface area contributed by atoms with E-state index < -0.39 is 10.0 Å². The van der Waals surface area contributed by atoms with Gasteiger partial charge in [-0.3, -0.25) is 4.79 Å². The van der Waals surface area contributed by atoms with E-state index in [-0.39, 0.29) is 11.9 Å². The largest absolute Gasteiger partial charge is 0.345 e. The molecule has 10 heteroatoms. The predicted molar refractivity (Wildman–Crippen MR) is 108 cm³/mol. The van der Waals surface area contributed by atoms with Gasteiger partial charge >= 0.3 is 0 Å². The van der Waals surface area contributed by atoms with Gasteiger partial charge in [0.25, 0.3) is 5.91 Å². The van der Waals surface area contributed by atoms with Gasteiger partial charge in [-0.2, -0.15) is 5.10 Å². The van der Waals surface area contributed by atoms with Crippen LogP contribution in [0.25, 0.3) is 5.69 Å². The summed E-state index contributed by atoms with van der Waals surface area (Å²) in [5, 5.41) is 7.07. The van der Waals surface area contributed by atoms with Crippen molar-refractivity contribution in [2.45, 2.75) is 19.4 Å². The molecule has 3 aromatic rings. The number of thiophene rings is 1. The first kappa shape index (κ1) is 20.2. The molecule has 8 nitrogen and oxygen atoms in total. The Hall–Kier alpha value is -2.56. The Bertz CT molecular complexity index is 1030. The Morgan fingerprint density at radius 2 is 1.96 bits per heavy atom. The number of nitrogens with one attached hydrogen (secondary N) is 2. The van der Waals surface area contributed by atoms with E-state index in [0.717, 1.165) is 22.4 Å². The number of aromatic nitrogens is 3. The van der Waals surface area contributed by atoms with Crippen LogP contribution in [0.4, 0.5) is 0 Å². The van der Waals surface area contributed by atoms with Gasteiger partial charge in [-0.25, -0.2) is 22.8 Å². The minimum atomic E-state index is -3.20. The van der Waals surface area contributed by atoms with E-state index in [1.165, 1.54) is 17.7 Å². The zero-order chi connectivity index (χ0) is 20.1. The predicted octanol–water partition coefficient (Wildman–Crippen LogP) is 1.91. The number of sulfonamides is 1. The second-order valence-electron chi connectivity index (χ2n) is 6.31. The highest BCUT2D eigenvalue weighted by Crippen LogP contribution is 2.20. The second-order valence-corrected chi connectivity index (χ2v) is 9.31. The first-order valence-electron chi connectivity index (χ1n) is 8.61. The Balaban J connectivity index is 1.57. The number of benzene rings is 1. The molecule has 2 N–H and O–H groups in total. The van der Waals surface area contributed by atoms with Crippen molar-refractivity contribution in [2.24, 2.45) is 0 Å². The number of amides is 1. The topological polar surface area (TPSA) is 106 Å². The third-order valence-corrected chi connectivity index (χ3v) is 5.92. The molecule has 1 amide bonds. The highest BCUT2D eigenvalue weighted by atomic mass is 32.2. The van der Waals surface area contributed by atoms with Crippen molar-refractivity contribution in [1.29, 1.82) is 0 Å². The fraction of sp³-hybridized carbons (Fsp3) is 0.278. The second kappa shape index (κ2) is 8.63. The maximum absolute atomic E-state index is 12.5. The van der Waals surface area contributed by atoms with E-state index in [4.69, 9.17) is 0 Å². The van der Waals surface area contributed by atoms with Crippen molar-refractivity contribution in [3.05, 3.63) is 64.4 Å². The highest BCUT2D eigenvalue weighted by molar-refractivity contribution is 7.88. The van der Waals surface area contributed by atoms with Crippen LogP contribution in [-0.4, -0.2) is 41.9 Å². The summed E-state index contributed by atoms with van der Waals surface area (Å²) in [6.07, 6.45) is 4.77. The lowest BCUT2D eigenvalue weighted by atomic mass is 10.1. The van der Waals surface area contributed by atoms with Gasteiger partial charge in [0, 0.05) is 11.4 Å². The van der Waals surface area contributed by atoms with Crippen LogP contribution < -0.4 is 10.0 Å². The average molecular weight is 420 g/mol. The molecule has 0 aliphatic rings. The lowest BCUT2D eigenvalue weighted by Crippen LogP contribution is -2.25. The molecule has 0 fully saturated rings. The highest BCUT2D eigenvalue weighted by Gasteiger charge is 2.14. The molecule has 148 valence electrons. The minimum Gasteiger partial charge on any atom is -0.345 e. The Labute approximate surface area is 167 Å². The molecule has 1 aromatic carbocycles. The van der Waals surface area contributed by atoms with Gasteiger partial charge in [0.2, 0.25) is 10.0 Å². The SMILES string of the molecule is C[C@@H](NC(=O)c1ccc(CCNS(C)(=O)=O)s1)c1ccc(-n2cncn2)cc1. The van der Waals surface area contributed by atoms with Crippen LogP contribution in [0.3, 0.4) is 0 Å². The van der Waals surface area contributed by atoms with Crippen LogP contribution in [0.15, 0.2) is 49.1 Å². The lowest BCUT2D eigenvalue weighted by molar-refractivity contribution is 0.0944. The van der Waals surface area contributed by atoms with E-state index in [9.17, 15) is 13.2 Å². The standard InChI is InChI=1S/C18H21N5O3S2/c1-13(14-3-5-15(6-4-14)23-12-19-11-20-23)22-18(24)17-8-7-16(27-17)9-10-21-28(2,25)26/h3-8,11-13,21H,9-10H2,1-2H3,(H,22,24)/t13-/m1/s1. The van der Waals surface area contributed by atoms with Gasteiger partial charge in [0.15, 0.2) is 0 Å². The zero-order valence-corrected chi connectivity index (χ0v) is 17.1. The number of rotatable bonds is 8. The summed E-state index contributed by atoms with van der Waals surface area (Å²) in [7, 11) is -3.20. The molecule has 0 bridgehead atoms. The van der Waals surface area contributed by atoms with Crippen molar-refractivity contribution >= 4 is 27.3 Å². The van der Waals surface area contributed by atoms with Crippen LogP contribution in [0.5, 0.6) is 0 Å². The van der Waals surface area contributed by atoms with E-state index in [1.54, 1.807) is 17.1 Å². The molecule has 0 spiro atoms. The van der Waals surface area contributed by atoms with Gasteiger partial charge in [-0.15, -0.1) is 11.3 Å². The minimum absolute atomic E-state index is 0.153. The van der Waals surface area contributed by atoms with Crippen molar-refractivity contribution in [3.63, 3.8) is 0 Å². The van der Waals surface area contributed by atoms with Crippen molar-refractivity contribution in [1.82, 2.24) is 24.8 Å². The zero-order valence-electron chi connectivity index (χ0n) is 15.5. The van der Waals surface area contributed by atoms with Crippen molar-refractivity contribution in [2.75, 3.05) is 12.8 Å². The summed E-state index contributed by atoms with van der Waals surface area (Å²) in [6, 6.07) is 11.2. The summed E-state index contributed by atoms with van der Waals surface area (Å²) in [5.74, 6) is -0.153. The summed E-state index contributed by atoms with van der Waals surface area (Å²) in [5.41, 5.74) is 1.87. The number of nitrogens with zero attached hydrogens (tertiary/aromatic N) is 3. The van der Waals surface area contributed by atoms with E-state index >= 15 is 0 Å². The molecule has 2 aromatic heterocycles. The smallest absolute Gasteiger partial charge is 0.261 e. The maximum Gasteiger partial charge on any atom is 0.261 e. The van der Waals surface area contributed by atoms with Crippen LogP contribution in [-0.2, 0) is 16.4 Å². The third kappa shape index (κ3) is 5.47. The van der Waals surface area contributed by atoms with Crippen molar-refractivity contribution in [3.8, 4) is 5.69 Å². The quantitative estimate of drug-likeness (QED) is 0.580. The fourth-order valence-corrected chi connectivity index (χ4v) is 3.99. The molecule has 3 rings (SSSR count). The van der Waals surface area contributed by atoms with Gasteiger partial charge in [-0.1, -0.05) is 12.1 Å². The molecule has 0 unspecified atom stereocenters. The first-order valence-corrected chi connectivity index (χ1v) is 11.3. The van der Waals surface area contributed by atoms with E-state index in [0.29, 0.717) is 17.8 Å². The Morgan fingerprint density at radius 1 is 1.21 bits per heavy atom. The summed E-state index contributed by atoms with van der Waals surface area (Å²) in [4.78, 5) is 18.0. The molecular weight excluding hydrogens is 398 g/mol. The van der Waals surface area contributed by atoms with Crippen molar-refractivity contribution < 1.29 is 13.2 Å². The third-order valence-electron chi connectivity index (χ3n) is 4.05. The molecule has 28 heavy (non-hydrogen) atoms. The van der Waals surface area contributed by atoms with Crippen LogP contribution in [0.2, 0.25) is 0 Å². The lowest BCUT2D eigenvalue weighted by Gasteiger charge is -2.14. The molecule has 0 aliphatic heterocycles. The number of carbonyl (C=O) groups is 1. The number of carbonyl (C=O) groups excluding carboxylic acids is 1. The number of hydrogen-bond donors (Lipinski definition) is 2. The average Bonchev–Trinajstić information content (AvgIpc) is 3.33. The van der Waals surface area contributed by atoms with E-state index in [1.807, 2.05) is 37.3 Å². The summed E-state index contributed by atoms with van der Waals surface area (Å²) >= 11 is 1.36. The Kier molecular flexibility index (Phi) is 6.22. The first-order chi connectivity index (χ1) is 13.3. The normalized spacial score (nSPS) is 12.6. The molecule has 2 heterocycles. The van der Waals surface area contributed by atoms with Gasteiger partial charge in [-0.05, 0) is 43.2 Å². The number of hydrogen-bond acceptors (Lipinski definition) is 6.